The molecule has 3 rings (SSSR count). The van der Waals surface area contributed by atoms with Crippen LogP contribution in [0.2, 0.25) is 0 Å². The lowest BCUT2D eigenvalue weighted by Gasteiger charge is -2.36. The van der Waals surface area contributed by atoms with Crippen molar-refractivity contribution in [2.24, 2.45) is 5.41 Å². The number of aryl methyl sites for hydroxylation is 1. The van der Waals surface area contributed by atoms with Gasteiger partial charge in [0.1, 0.15) is 0 Å². The minimum absolute atomic E-state index is 0.159. The molecule has 1 atom stereocenters. The van der Waals surface area contributed by atoms with Gasteiger partial charge in [-0.05, 0) is 44.1 Å². The third-order valence-electron chi connectivity index (χ3n) is 4.84. The lowest BCUT2D eigenvalue weighted by atomic mass is 9.75. The monoisotopic (exact) mass is 295 g/mol. The molecule has 1 aromatic heterocycles. The van der Waals surface area contributed by atoms with Gasteiger partial charge in [-0.1, -0.05) is 13.8 Å². The maximum atomic E-state index is 11.6. The first kappa shape index (κ1) is 14.3. The van der Waals surface area contributed by atoms with Crippen LogP contribution in [0.25, 0.3) is 0 Å². The third-order valence-corrected chi connectivity index (χ3v) is 6.22. The molecular formula is C16H25NO2S. The zero-order valence-corrected chi connectivity index (χ0v) is 13.5. The van der Waals surface area contributed by atoms with Crippen LogP contribution in [-0.2, 0) is 17.2 Å². The van der Waals surface area contributed by atoms with Gasteiger partial charge < -0.3 is 9.67 Å². The average Bonchev–Trinajstić information content (AvgIpc) is 2.66. The Kier molecular flexibility index (Phi) is 3.57. The predicted molar refractivity (Wildman–Crippen MR) is 82.4 cm³/mol. The summed E-state index contributed by atoms with van der Waals surface area (Å²) in [5.74, 6) is 1.64. The van der Waals surface area contributed by atoms with E-state index in [-0.39, 0.29) is 11.5 Å². The standard InChI is InChI=1S/C16H25NO2S/c1-11-8-13-14(9-16(2,3)10-15(13)18)17(11)12-4-6-20(19)7-5-12/h8,12,15,18H,4-7,9-10H2,1-3H3. The van der Waals surface area contributed by atoms with E-state index in [1.807, 2.05) is 0 Å². The molecule has 20 heavy (non-hydrogen) atoms. The molecule has 4 heteroatoms. The molecule has 0 amide bonds. The van der Waals surface area contributed by atoms with E-state index in [9.17, 15) is 9.32 Å². The molecule has 1 N–H and O–H groups in total. The van der Waals surface area contributed by atoms with E-state index >= 15 is 0 Å². The van der Waals surface area contributed by atoms with Gasteiger partial charge in [0, 0.05) is 45.3 Å². The van der Waals surface area contributed by atoms with Gasteiger partial charge in [0.2, 0.25) is 0 Å². The van der Waals surface area contributed by atoms with Crippen molar-refractivity contribution < 1.29 is 9.32 Å². The van der Waals surface area contributed by atoms with Gasteiger partial charge in [0.15, 0.2) is 0 Å². The molecule has 2 heterocycles. The first-order valence-electron chi connectivity index (χ1n) is 7.61. The van der Waals surface area contributed by atoms with Gasteiger partial charge in [0.05, 0.1) is 6.10 Å². The highest BCUT2D eigenvalue weighted by molar-refractivity contribution is 7.85. The summed E-state index contributed by atoms with van der Waals surface area (Å²) in [6.45, 7) is 6.62. The summed E-state index contributed by atoms with van der Waals surface area (Å²) < 4.78 is 14.0. The Labute approximate surface area is 123 Å². The number of fused-ring (bicyclic) bond motifs is 1. The molecule has 0 radical (unpaired) electrons. The Bertz CT molecular complexity index is 537. The van der Waals surface area contributed by atoms with Crippen molar-refractivity contribution in [3.63, 3.8) is 0 Å². The summed E-state index contributed by atoms with van der Waals surface area (Å²) in [5.41, 5.74) is 3.87. The van der Waals surface area contributed by atoms with E-state index in [1.54, 1.807) is 0 Å². The zero-order chi connectivity index (χ0) is 14.5. The van der Waals surface area contributed by atoms with Crippen LogP contribution in [0.1, 0.15) is 62.2 Å². The quantitative estimate of drug-likeness (QED) is 0.865. The highest BCUT2D eigenvalue weighted by Crippen LogP contribution is 2.43. The van der Waals surface area contributed by atoms with Crippen LogP contribution in [0, 0.1) is 12.3 Å². The number of hydrogen-bond donors (Lipinski definition) is 1. The SMILES string of the molecule is Cc1cc2c(n1C1CCS(=O)CC1)CC(C)(C)CC2O. The number of aliphatic hydroxyl groups is 1. The van der Waals surface area contributed by atoms with Crippen molar-refractivity contribution in [1.82, 2.24) is 4.57 Å². The third kappa shape index (κ3) is 2.48. The first-order valence-corrected chi connectivity index (χ1v) is 9.10. The topological polar surface area (TPSA) is 42.2 Å². The summed E-state index contributed by atoms with van der Waals surface area (Å²) in [7, 11) is -0.616. The lowest BCUT2D eigenvalue weighted by molar-refractivity contribution is 0.0973. The van der Waals surface area contributed by atoms with Crippen molar-refractivity contribution in [2.75, 3.05) is 11.5 Å². The number of rotatable bonds is 1. The van der Waals surface area contributed by atoms with Crippen LogP contribution in [0.3, 0.4) is 0 Å². The van der Waals surface area contributed by atoms with Crippen molar-refractivity contribution >= 4 is 10.8 Å². The maximum absolute atomic E-state index is 11.6. The number of hydrogen-bond acceptors (Lipinski definition) is 2. The van der Waals surface area contributed by atoms with E-state index in [0.29, 0.717) is 6.04 Å². The molecule has 0 saturated carbocycles. The van der Waals surface area contributed by atoms with Crippen LogP contribution in [-0.4, -0.2) is 25.4 Å². The molecule has 3 nitrogen and oxygen atoms in total. The van der Waals surface area contributed by atoms with E-state index < -0.39 is 10.8 Å². The van der Waals surface area contributed by atoms with Gasteiger partial charge in [-0.3, -0.25) is 4.21 Å². The number of nitrogens with zero attached hydrogens (tertiary/aromatic N) is 1. The normalized spacial score (nSPS) is 32.9. The molecule has 0 bridgehead atoms. The lowest BCUT2D eigenvalue weighted by Crippen LogP contribution is -2.29. The fourth-order valence-electron chi connectivity index (χ4n) is 3.91. The minimum atomic E-state index is -0.616. The van der Waals surface area contributed by atoms with E-state index in [2.05, 4.69) is 31.4 Å². The van der Waals surface area contributed by atoms with Crippen molar-refractivity contribution in [1.29, 1.82) is 0 Å². The molecular weight excluding hydrogens is 270 g/mol. The number of aromatic nitrogens is 1. The van der Waals surface area contributed by atoms with Crippen LogP contribution in [0.15, 0.2) is 6.07 Å². The number of aliphatic hydroxyl groups excluding tert-OH is 1. The van der Waals surface area contributed by atoms with Gasteiger partial charge >= 0.3 is 0 Å². The molecule has 1 unspecified atom stereocenters. The first-order chi connectivity index (χ1) is 9.37. The molecule has 0 spiro atoms. The van der Waals surface area contributed by atoms with Crippen LogP contribution in [0.4, 0.5) is 0 Å². The summed E-state index contributed by atoms with van der Waals surface area (Å²) in [4.78, 5) is 0. The molecule has 1 fully saturated rings. The van der Waals surface area contributed by atoms with Crippen LogP contribution in [0.5, 0.6) is 0 Å². The summed E-state index contributed by atoms with van der Waals surface area (Å²) in [5, 5.41) is 10.4. The molecule has 112 valence electrons. The second-order valence-electron chi connectivity index (χ2n) is 7.20. The predicted octanol–water partition coefficient (Wildman–Crippen LogP) is 2.89. The Morgan fingerprint density at radius 1 is 1.35 bits per heavy atom. The molecule has 1 aromatic rings. The second kappa shape index (κ2) is 4.99. The smallest absolute Gasteiger partial charge is 0.0812 e. The second-order valence-corrected chi connectivity index (χ2v) is 8.89. The maximum Gasteiger partial charge on any atom is 0.0812 e. The van der Waals surface area contributed by atoms with Gasteiger partial charge in [-0.25, -0.2) is 0 Å². The van der Waals surface area contributed by atoms with Gasteiger partial charge in [-0.2, -0.15) is 0 Å². The highest BCUT2D eigenvalue weighted by atomic mass is 32.2. The van der Waals surface area contributed by atoms with E-state index in [4.69, 9.17) is 0 Å². The Balaban J connectivity index is 1.98. The minimum Gasteiger partial charge on any atom is -0.388 e. The van der Waals surface area contributed by atoms with E-state index in [1.165, 1.54) is 11.4 Å². The summed E-state index contributed by atoms with van der Waals surface area (Å²) in [6, 6.07) is 2.64. The van der Waals surface area contributed by atoms with E-state index in [0.717, 1.165) is 42.8 Å². The summed E-state index contributed by atoms with van der Waals surface area (Å²) in [6.07, 6.45) is 3.56. The Hall–Kier alpha value is -0.610. The Morgan fingerprint density at radius 3 is 2.65 bits per heavy atom. The molecule has 0 aromatic carbocycles. The molecule has 1 saturated heterocycles. The largest absolute Gasteiger partial charge is 0.388 e. The molecule has 1 aliphatic carbocycles. The summed E-state index contributed by atoms with van der Waals surface area (Å²) >= 11 is 0. The average molecular weight is 295 g/mol. The fourth-order valence-corrected chi connectivity index (χ4v) is 5.19. The Morgan fingerprint density at radius 2 is 2.00 bits per heavy atom. The van der Waals surface area contributed by atoms with Crippen molar-refractivity contribution in [3.05, 3.63) is 23.0 Å². The van der Waals surface area contributed by atoms with Crippen LogP contribution < -0.4 is 0 Å². The zero-order valence-electron chi connectivity index (χ0n) is 12.7. The molecule has 2 aliphatic rings. The van der Waals surface area contributed by atoms with Crippen molar-refractivity contribution in [2.45, 2.75) is 58.6 Å². The van der Waals surface area contributed by atoms with Gasteiger partial charge in [-0.15, -0.1) is 0 Å². The van der Waals surface area contributed by atoms with Crippen LogP contribution >= 0.6 is 0 Å². The fraction of sp³-hybridized carbons (Fsp3) is 0.750. The molecule has 1 aliphatic heterocycles. The van der Waals surface area contributed by atoms with Crippen molar-refractivity contribution in [3.8, 4) is 0 Å². The van der Waals surface area contributed by atoms with Gasteiger partial charge in [0.25, 0.3) is 0 Å². The highest BCUT2D eigenvalue weighted by Gasteiger charge is 2.35.